The van der Waals surface area contributed by atoms with Crippen LogP contribution in [0.4, 0.5) is 4.39 Å². The van der Waals surface area contributed by atoms with Crippen molar-refractivity contribution < 1.29 is 19.3 Å². The molecule has 0 heterocycles. The number of aliphatic hydroxyl groups is 1. The van der Waals surface area contributed by atoms with Gasteiger partial charge in [-0.05, 0) is 13.1 Å². The zero-order valence-electron chi connectivity index (χ0n) is 8.92. The van der Waals surface area contributed by atoms with Crippen molar-refractivity contribution in [1.82, 2.24) is 5.32 Å². The van der Waals surface area contributed by atoms with Gasteiger partial charge < -0.3 is 20.3 Å². The number of likely N-dealkylation sites (N-methyl/N-ethyl adjacent to an activating group) is 1. The fourth-order valence-corrected chi connectivity index (χ4v) is 2.06. The lowest BCUT2D eigenvalue weighted by Gasteiger charge is -2.17. The Labute approximate surface area is 101 Å². The van der Waals surface area contributed by atoms with Gasteiger partial charge in [0.15, 0.2) is 17.3 Å². The smallest absolute Gasteiger partial charge is 0.194 e. The molecule has 0 saturated carbocycles. The Bertz CT molecular complexity index is 387. The molecule has 16 heavy (non-hydrogen) atoms. The molecule has 1 aromatic rings. The van der Waals surface area contributed by atoms with Gasteiger partial charge in [0.25, 0.3) is 0 Å². The number of phenols is 1. The number of benzene rings is 1. The summed E-state index contributed by atoms with van der Waals surface area (Å²) >= 11 is 3.12. The van der Waals surface area contributed by atoms with Crippen LogP contribution in [0.5, 0.6) is 11.5 Å². The van der Waals surface area contributed by atoms with Gasteiger partial charge in [-0.25, -0.2) is 4.39 Å². The average Bonchev–Trinajstić information content (AvgIpc) is 2.23. The second kappa shape index (κ2) is 5.47. The Hall–Kier alpha value is -0.850. The number of phenolic OH excluding ortho intramolecular Hbond substituents is 1. The molecule has 1 aromatic carbocycles. The number of rotatable bonds is 4. The number of halogens is 2. The molecule has 1 unspecified atom stereocenters. The Kier molecular flexibility index (Phi) is 4.52. The summed E-state index contributed by atoms with van der Waals surface area (Å²) in [4.78, 5) is 0. The predicted octanol–water partition coefficient (Wildman–Crippen LogP) is 1.56. The van der Waals surface area contributed by atoms with Crippen molar-refractivity contribution in [2.24, 2.45) is 0 Å². The van der Waals surface area contributed by atoms with Crippen LogP contribution in [0.15, 0.2) is 10.5 Å². The monoisotopic (exact) mass is 293 g/mol. The van der Waals surface area contributed by atoms with Crippen molar-refractivity contribution in [3.05, 3.63) is 21.9 Å². The summed E-state index contributed by atoms with van der Waals surface area (Å²) in [6.07, 6.45) is -0.902. The average molecular weight is 294 g/mol. The van der Waals surface area contributed by atoms with E-state index in [4.69, 9.17) is 4.74 Å². The van der Waals surface area contributed by atoms with Crippen LogP contribution in [0.3, 0.4) is 0 Å². The van der Waals surface area contributed by atoms with Crippen LogP contribution in [0, 0.1) is 5.82 Å². The minimum Gasteiger partial charge on any atom is -0.502 e. The van der Waals surface area contributed by atoms with Gasteiger partial charge in [-0.1, -0.05) is 15.9 Å². The van der Waals surface area contributed by atoms with Crippen LogP contribution >= 0.6 is 15.9 Å². The zero-order valence-corrected chi connectivity index (χ0v) is 10.5. The van der Waals surface area contributed by atoms with Crippen molar-refractivity contribution in [2.45, 2.75) is 6.10 Å². The number of hydrogen-bond donors (Lipinski definition) is 3. The SMILES string of the molecule is CNCC(O)c1c(Br)cc(F)c(O)c1OC. The Balaban J connectivity index is 3.30. The molecule has 0 aromatic heterocycles. The van der Waals surface area contributed by atoms with Crippen LogP contribution in [-0.2, 0) is 0 Å². The normalized spacial score (nSPS) is 12.6. The third-order valence-corrected chi connectivity index (χ3v) is 2.79. The molecule has 90 valence electrons. The topological polar surface area (TPSA) is 61.7 Å². The predicted molar refractivity (Wildman–Crippen MR) is 61.2 cm³/mol. The molecule has 0 saturated heterocycles. The lowest BCUT2D eigenvalue weighted by molar-refractivity contribution is 0.171. The zero-order chi connectivity index (χ0) is 12.3. The number of ether oxygens (including phenoxy) is 1. The van der Waals surface area contributed by atoms with Gasteiger partial charge in [-0.2, -0.15) is 0 Å². The number of methoxy groups -OCH3 is 1. The van der Waals surface area contributed by atoms with Gasteiger partial charge in [0, 0.05) is 16.6 Å². The molecule has 6 heteroatoms. The second-order valence-electron chi connectivity index (χ2n) is 3.21. The van der Waals surface area contributed by atoms with Crippen LogP contribution in [0.25, 0.3) is 0 Å². The van der Waals surface area contributed by atoms with E-state index in [2.05, 4.69) is 21.2 Å². The molecule has 0 aliphatic carbocycles. The highest BCUT2D eigenvalue weighted by Gasteiger charge is 2.22. The van der Waals surface area contributed by atoms with Crippen molar-refractivity contribution in [3.8, 4) is 11.5 Å². The van der Waals surface area contributed by atoms with Gasteiger partial charge in [0.05, 0.1) is 13.2 Å². The van der Waals surface area contributed by atoms with E-state index in [-0.39, 0.29) is 12.3 Å². The Morgan fingerprint density at radius 2 is 2.25 bits per heavy atom. The van der Waals surface area contributed by atoms with Crippen LogP contribution in [0.2, 0.25) is 0 Å². The third-order valence-electron chi connectivity index (χ3n) is 2.13. The van der Waals surface area contributed by atoms with Gasteiger partial charge in [-0.15, -0.1) is 0 Å². The number of aromatic hydroxyl groups is 1. The van der Waals surface area contributed by atoms with Crippen LogP contribution in [-0.4, -0.2) is 30.9 Å². The molecule has 3 N–H and O–H groups in total. The molecule has 0 fully saturated rings. The van der Waals surface area contributed by atoms with E-state index in [0.717, 1.165) is 6.07 Å². The molecule has 0 amide bonds. The summed E-state index contributed by atoms with van der Waals surface area (Å²) in [6.45, 7) is 0.264. The number of aliphatic hydroxyl groups excluding tert-OH is 1. The molecule has 0 radical (unpaired) electrons. The molecular formula is C10H13BrFNO3. The standard InChI is InChI=1S/C10H13BrFNO3/c1-13-4-7(14)8-5(11)3-6(12)9(15)10(8)16-2/h3,7,13-15H,4H2,1-2H3. The molecule has 1 atom stereocenters. The quantitative estimate of drug-likeness (QED) is 0.788. The summed E-state index contributed by atoms with van der Waals surface area (Å²) in [7, 11) is 2.98. The Morgan fingerprint density at radius 3 is 2.75 bits per heavy atom. The highest BCUT2D eigenvalue weighted by atomic mass is 79.9. The van der Waals surface area contributed by atoms with E-state index < -0.39 is 17.7 Å². The molecule has 0 spiro atoms. The van der Waals surface area contributed by atoms with Gasteiger partial charge >= 0.3 is 0 Å². The summed E-state index contributed by atoms with van der Waals surface area (Å²) in [5.74, 6) is -1.46. The molecule has 4 nitrogen and oxygen atoms in total. The first-order valence-electron chi connectivity index (χ1n) is 4.60. The van der Waals surface area contributed by atoms with E-state index in [0.29, 0.717) is 10.0 Å². The highest BCUT2D eigenvalue weighted by molar-refractivity contribution is 9.10. The largest absolute Gasteiger partial charge is 0.502 e. The maximum absolute atomic E-state index is 13.2. The van der Waals surface area contributed by atoms with Crippen molar-refractivity contribution in [2.75, 3.05) is 20.7 Å². The molecule has 0 aliphatic heterocycles. The first-order valence-corrected chi connectivity index (χ1v) is 5.39. The van der Waals surface area contributed by atoms with Gasteiger partial charge in [-0.3, -0.25) is 0 Å². The lowest BCUT2D eigenvalue weighted by atomic mass is 10.1. The first kappa shape index (κ1) is 13.2. The lowest BCUT2D eigenvalue weighted by Crippen LogP contribution is -2.18. The first-order chi connectivity index (χ1) is 7.52. The third kappa shape index (κ3) is 2.45. The fraction of sp³-hybridized carbons (Fsp3) is 0.400. The summed E-state index contributed by atoms with van der Waals surface area (Å²) < 4.78 is 18.4. The number of hydrogen-bond acceptors (Lipinski definition) is 4. The number of nitrogens with one attached hydrogen (secondary N) is 1. The highest BCUT2D eigenvalue weighted by Crippen LogP contribution is 2.40. The summed E-state index contributed by atoms with van der Waals surface area (Å²) in [5.41, 5.74) is 0.316. The summed E-state index contributed by atoms with van der Waals surface area (Å²) in [5, 5.41) is 22.1. The second-order valence-corrected chi connectivity index (χ2v) is 4.06. The molecular weight excluding hydrogens is 281 g/mol. The fourth-order valence-electron chi connectivity index (χ4n) is 1.41. The summed E-state index contributed by atoms with van der Waals surface area (Å²) in [6, 6.07) is 1.09. The maximum Gasteiger partial charge on any atom is 0.194 e. The van der Waals surface area contributed by atoms with Crippen molar-refractivity contribution in [3.63, 3.8) is 0 Å². The molecule has 1 rings (SSSR count). The van der Waals surface area contributed by atoms with Crippen molar-refractivity contribution in [1.29, 1.82) is 0 Å². The molecule has 0 bridgehead atoms. The van der Waals surface area contributed by atoms with Gasteiger partial charge in [0.2, 0.25) is 0 Å². The van der Waals surface area contributed by atoms with E-state index in [1.165, 1.54) is 7.11 Å². The Morgan fingerprint density at radius 1 is 1.62 bits per heavy atom. The van der Waals surface area contributed by atoms with Gasteiger partial charge in [0.1, 0.15) is 0 Å². The van der Waals surface area contributed by atoms with Crippen LogP contribution in [0.1, 0.15) is 11.7 Å². The van der Waals surface area contributed by atoms with E-state index >= 15 is 0 Å². The van der Waals surface area contributed by atoms with E-state index in [1.807, 2.05) is 0 Å². The maximum atomic E-state index is 13.2. The van der Waals surface area contributed by atoms with Crippen molar-refractivity contribution >= 4 is 15.9 Å². The molecule has 0 aliphatic rings. The van der Waals surface area contributed by atoms with Crippen LogP contribution < -0.4 is 10.1 Å². The van der Waals surface area contributed by atoms with E-state index in [1.54, 1.807) is 7.05 Å². The minimum absolute atomic E-state index is 0.0605. The minimum atomic E-state index is -0.902. The van der Waals surface area contributed by atoms with E-state index in [9.17, 15) is 14.6 Å².